The van der Waals surface area contributed by atoms with Gasteiger partial charge < -0.3 is 10.1 Å². The van der Waals surface area contributed by atoms with E-state index in [9.17, 15) is 14.4 Å². The van der Waals surface area contributed by atoms with Gasteiger partial charge >= 0.3 is 5.97 Å². The number of fused-ring (bicyclic) bond motifs is 1. The van der Waals surface area contributed by atoms with Crippen molar-refractivity contribution in [2.45, 2.75) is 26.3 Å². The van der Waals surface area contributed by atoms with Crippen LogP contribution in [-0.4, -0.2) is 33.5 Å². The number of anilines is 1. The molecule has 0 saturated heterocycles. The molecule has 3 rings (SSSR count). The largest absolute Gasteiger partial charge is 0.462 e. The van der Waals surface area contributed by atoms with Gasteiger partial charge in [-0.3, -0.25) is 9.59 Å². The highest BCUT2D eigenvalue weighted by molar-refractivity contribution is 5.94. The average Bonchev–Trinajstić information content (AvgIpc) is 2.70. The number of nitrogens with one attached hydrogen (secondary N) is 1. The van der Waals surface area contributed by atoms with E-state index < -0.39 is 5.97 Å². The highest BCUT2D eigenvalue weighted by Gasteiger charge is 2.09. The number of esters is 1. The summed E-state index contributed by atoms with van der Waals surface area (Å²) in [6, 6.07) is 13.5. The van der Waals surface area contributed by atoms with E-state index in [-0.39, 0.29) is 31.0 Å². The number of carbonyl (C=O) groups is 2. The van der Waals surface area contributed by atoms with E-state index in [4.69, 9.17) is 4.74 Å². The Morgan fingerprint density at radius 1 is 1.14 bits per heavy atom. The molecule has 0 aliphatic carbocycles. The lowest BCUT2D eigenvalue weighted by Gasteiger charge is -2.08. The third-order valence-corrected chi connectivity index (χ3v) is 4.06. The van der Waals surface area contributed by atoms with Gasteiger partial charge in [0, 0.05) is 18.7 Å². The first kappa shape index (κ1) is 19.2. The van der Waals surface area contributed by atoms with Crippen molar-refractivity contribution >= 4 is 28.5 Å². The van der Waals surface area contributed by atoms with Crippen LogP contribution in [0.2, 0.25) is 0 Å². The van der Waals surface area contributed by atoms with E-state index in [0.717, 1.165) is 0 Å². The van der Waals surface area contributed by atoms with Crippen molar-refractivity contribution in [3.05, 3.63) is 64.4 Å². The third kappa shape index (κ3) is 4.59. The minimum atomic E-state index is -0.437. The second-order valence-corrected chi connectivity index (χ2v) is 6.09. The molecule has 0 unspecified atom stereocenters. The summed E-state index contributed by atoms with van der Waals surface area (Å²) in [5.74, 6) is -0.657. The second kappa shape index (κ2) is 8.90. The number of ether oxygens (including phenoxy) is 1. The van der Waals surface area contributed by atoms with Gasteiger partial charge in [-0.15, -0.1) is 5.10 Å². The topological polar surface area (TPSA) is 103 Å². The van der Waals surface area contributed by atoms with Crippen LogP contribution in [-0.2, 0) is 16.1 Å². The van der Waals surface area contributed by atoms with Crippen LogP contribution in [0.25, 0.3) is 10.9 Å². The van der Waals surface area contributed by atoms with Crippen molar-refractivity contribution < 1.29 is 14.3 Å². The van der Waals surface area contributed by atoms with E-state index in [1.54, 1.807) is 55.5 Å². The maximum Gasteiger partial charge on any atom is 0.338 e. The summed E-state index contributed by atoms with van der Waals surface area (Å²) in [5.41, 5.74) is 1.20. The first-order valence-corrected chi connectivity index (χ1v) is 8.98. The van der Waals surface area contributed by atoms with Gasteiger partial charge in [-0.1, -0.05) is 23.4 Å². The Kier molecular flexibility index (Phi) is 6.11. The monoisotopic (exact) mass is 380 g/mol. The van der Waals surface area contributed by atoms with Crippen LogP contribution in [0.1, 0.15) is 30.1 Å². The smallest absolute Gasteiger partial charge is 0.338 e. The summed E-state index contributed by atoms with van der Waals surface area (Å²) >= 11 is 0. The molecule has 8 nitrogen and oxygen atoms in total. The molecule has 1 amide bonds. The van der Waals surface area contributed by atoms with Crippen LogP contribution < -0.4 is 10.9 Å². The Balaban J connectivity index is 1.57. The molecule has 1 aromatic heterocycles. The molecule has 1 N–H and O–H groups in total. The average molecular weight is 380 g/mol. The molecular weight excluding hydrogens is 360 g/mol. The second-order valence-electron chi connectivity index (χ2n) is 6.09. The molecule has 8 heteroatoms. The molecule has 1 heterocycles. The van der Waals surface area contributed by atoms with Crippen LogP contribution in [0, 0.1) is 0 Å². The Bertz CT molecular complexity index is 1060. The fraction of sp³-hybridized carbons (Fsp3) is 0.250. The van der Waals surface area contributed by atoms with Crippen LogP contribution in [0.4, 0.5) is 5.69 Å². The molecule has 2 aromatic carbocycles. The van der Waals surface area contributed by atoms with Gasteiger partial charge in [0.1, 0.15) is 5.52 Å². The molecule has 0 aliphatic heterocycles. The molecule has 0 spiro atoms. The molecule has 3 aromatic rings. The molecule has 144 valence electrons. The van der Waals surface area contributed by atoms with Gasteiger partial charge in [0.25, 0.3) is 5.56 Å². The maximum absolute atomic E-state index is 12.4. The number of hydrogen-bond donors (Lipinski definition) is 1. The van der Waals surface area contributed by atoms with E-state index in [1.165, 1.54) is 4.68 Å². The zero-order chi connectivity index (χ0) is 19.9. The predicted octanol–water partition coefficient (Wildman–Crippen LogP) is 2.39. The zero-order valence-electron chi connectivity index (χ0n) is 15.4. The fourth-order valence-corrected chi connectivity index (χ4v) is 2.72. The maximum atomic E-state index is 12.4. The van der Waals surface area contributed by atoms with Crippen molar-refractivity contribution in [2.24, 2.45) is 0 Å². The summed E-state index contributed by atoms with van der Waals surface area (Å²) in [7, 11) is 0. The SMILES string of the molecule is CCOC(=O)c1cccc(NC(=O)CCCn2nnc3ccccc3c2=O)c1. The van der Waals surface area contributed by atoms with Crippen molar-refractivity contribution in [3.8, 4) is 0 Å². The minimum Gasteiger partial charge on any atom is -0.462 e. The number of amides is 1. The Morgan fingerprint density at radius 2 is 1.96 bits per heavy atom. The highest BCUT2D eigenvalue weighted by Crippen LogP contribution is 2.12. The van der Waals surface area contributed by atoms with E-state index in [2.05, 4.69) is 15.6 Å². The standard InChI is InChI=1S/C20H20N4O4/c1-2-28-20(27)14-7-5-8-15(13-14)21-18(25)11-6-12-24-19(26)16-9-3-4-10-17(16)22-23-24/h3-5,7-10,13H,2,6,11-12H2,1H3,(H,21,25). The van der Waals surface area contributed by atoms with Crippen LogP contribution >= 0.6 is 0 Å². The van der Waals surface area contributed by atoms with Gasteiger partial charge in [0.2, 0.25) is 5.91 Å². The number of carbonyl (C=O) groups excluding carboxylic acids is 2. The van der Waals surface area contributed by atoms with Crippen LogP contribution in [0.3, 0.4) is 0 Å². The van der Waals surface area contributed by atoms with Gasteiger partial charge in [-0.25, -0.2) is 9.48 Å². The first-order chi connectivity index (χ1) is 13.6. The minimum absolute atomic E-state index is 0.199. The van der Waals surface area contributed by atoms with Crippen LogP contribution in [0.5, 0.6) is 0 Å². The number of benzene rings is 2. The molecule has 28 heavy (non-hydrogen) atoms. The number of rotatable bonds is 7. The highest BCUT2D eigenvalue weighted by atomic mass is 16.5. The predicted molar refractivity (Wildman–Crippen MR) is 104 cm³/mol. The fourth-order valence-electron chi connectivity index (χ4n) is 2.72. The molecular formula is C20H20N4O4. The molecule has 0 radical (unpaired) electrons. The first-order valence-electron chi connectivity index (χ1n) is 8.98. The summed E-state index contributed by atoms with van der Waals surface area (Å²) in [5, 5.41) is 11.2. The van der Waals surface area contributed by atoms with Crippen molar-refractivity contribution in [1.29, 1.82) is 0 Å². The van der Waals surface area contributed by atoms with Gasteiger partial charge in [0.05, 0.1) is 17.6 Å². The molecule has 0 atom stereocenters. The lowest BCUT2D eigenvalue weighted by molar-refractivity contribution is -0.116. The molecule has 0 fully saturated rings. The van der Waals surface area contributed by atoms with Crippen molar-refractivity contribution in [3.63, 3.8) is 0 Å². The van der Waals surface area contributed by atoms with Gasteiger partial charge in [0.15, 0.2) is 0 Å². The number of nitrogens with zero attached hydrogens (tertiary/aromatic N) is 3. The van der Waals surface area contributed by atoms with Crippen molar-refractivity contribution in [2.75, 3.05) is 11.9 Å². The summed E-state index contributed by atoms with van der Waals surface area (Å²) in [6.45, 7) is 2.30. The number of hydrogen-bond acceptors (Lipinski definition) is 6. The van der Waals surface area contributed by atoms with E-state index >= 15 is 0 Å². The van der Waals surface area contributed by atoms with E-state index in [0.29, 0.717) is 28.6 Å². The number of aryl methyl sites for hydroxylation is 1. The lowest BCUT2D eigenvalue weighted by atomic mass is 10.2. The Morgan fingerprint density at radius 3 is 2.79 bits per heavy atom. The lowest BCUT2D eigenvalue weighted by Crippen LogP contribution is -2.25. The third-order valence-electron chi connectivity index (χ3n) is 4.06. The van der Waals surface area contributed by atoms with Crippen LogP contribution in [0.15, 0.2) is 53.3 Å². The molecule has 0 bridgehead atoms. The van der Waals surface area contributed by atoms with E-state index in [1.807, 2.05) is 0 Å². The summed E-state index contributed by atoms with van der Waals surface area (Å²) < 4.78 is 6.21. The summed E-state index contributed by atoms with van der Waals surface area (Å²) in [4.78, 5) is 36.3. The zero-order valence-corrected chi connectivity index (χ0v) is 15.4. The van der Waals surface area contributed by atoms with Crippen molar-refractivity contribution in [1.82, 2.24) is 15.0 Å². The molecule has 0 aliphatic rings. The quantitative estimate of drug-likeness (QED) is 0.631. The Hall–Kier alpha value is -3.55. The number of aromatic nitrogens is 3. The van der Waals surface area contributed by atoms with Gasteiger partial charge in [-0.2, -0.15) is 0 Å². The molecule has 0 saturated carbocycles. The van der Waals surface area contributed by atoms with Gasteiger partial charge in [-0.05, 0) is 43.7 Å². The normalized spacial score (nSPS) is 10.6. The Labute approximate surface area is 161 Å². The summed E-state index contributed by atoms with van der Waals surface area (Å²) in [6.07, 6.45) is 0.626.